The van der Waals surface area contributed by atoms with Crippen molar-refractivity contribution in [1.29, 1.82) is 0 Å². The number of allylic oxidation sites excluding steroid dienone is 4. The molecule has 0 nitrogen and oxygen atoms in total. The second kappa shape index (κ2) is 9.17. The van der Waals surface area contributed by atoms with Gasteiger partial charge in [0.1, 0.15) is 0 Å². The normalized spacial score (nSPS) is 19.1. The molecule has 0 heterocycles. The molecule has 2 aliphatic rings. The van der Waals surface area contributed by atoms with Crippen molar-refractivity contribution in [2.24, 2.45) is 5.41 Å². The van der Waals surface area contributed by atoms with Gasteiger partial charge in [-0.25, -0.2) is 0 Å². The van der Waals surface area contributed by atoms with E-state index in [0.29, 0.717) is 9.54 Å². The van der Waals surface area contributed by atoms with Gasteiger partial charge in [-0.05, 0) is 0 Å². The Kier molecular flexibility index (Phi) is 7.76. The zero-order chi connectivity index (χ0) is 19.3. The maximum absolute atomic E-state index is 2.53. The zero-order valence-electron chi connectivity index (χ0n) is 18.1. The standard InChI is InChI=1S/C23H23.C3H6.2ClH.Zr/c1-15-12-17(23(2,3)4)14-21(15)20-11-7-10-19-18-9-6-5-8-16(18)13-22(19)20;1-3-2;;;/h5-14,21H,1-4H3;1-2H3;2*1H;/q;;;;+2/p-2. The van der Waals surface area contributed by atoms with Crippen molar-refractivity contribution < 1.29 is 47.6 Å². The van der Waals surface area contributed by atoms with Gasteiger partial charge in [-0.15, -0.1) is 0 Å². The molecule has 0 bridgehead atoms. The molecule has 0 saturated carbocycles. The molecule has 151 valence electrons. The molecule has 2 unspecified atom stereocenters. The predicted octanol–water partition coefficient (Wildman–Crippen LogP) is 1.08. The first kappa shape index (κ1) is 24.5. The van der Waals surface area contributed by atoms with E-state index in [1.807, 2.05) is 0 Å². The van der Waals surface area contributed by atoms with E-state index in [0.717, 1.165) is 0 Å². The average molecular weight is 504 g/mol. The number of fused-ring (bicyclic) bond motifs is 3. The molecule has 0 amide bonds. The summed E-state index contributed by atoms with van der Waals surface area (Å²) >= 11 is -0.650. The van der Waals surface area contributed by atoms with Gasteiger partial charge >= 0.3 is 176 Å². The maximum Gasteiger partial charge on any atom is -1.00 e. The van der Waals surface area contributed by atoms with Gasteiger partial charge in [0.05, 0.1) is 0 Å². The Labute approximate surface area is 199 Å². The molecule has 0 saturated heterocycles. The van der Waals surface area contributed by atoms with E-state index in [9.17, 15) is 0 Å². The first-order valence-corrected chi connectivity index (χ1v) is 12.6. The van der Waals surface area contributed by atoms with Crippen molar-refractivity contribution in [3.8, 4) is 11.1 Å². The molecule has 0 fully saturated rings. The molecular weight excluding hydrogens is 474 g/mol. The Morgan fingerprint density at radius 1 is 0.862 bits per heavy atom. The molecule has 0 aromatic heterocycles. The fraction of sp³-hybridized carbons (Fsp3) is 0.346. The molecule has 29 heavy (non-hydrogen) atoms. The van der Waals surface area contributed by atoms with Crippen LogP contribution in [-0.4, -0.2) is 3.21 Å². The topological polar surface area (TPSA) is 0 Å². The van der Waals surface area contributed by atoms with Gasteiger partial charge in [0.25, 0.3) is 0 Å². The Morgan fingerprint density at radius 2 is 1.48 bits per heavy atom. The number of halogens is 2. The van der Waals surface area contributed by atoms with Crippen molar-refractivity contribution in [2.45, 2.75) is 51.1 Å². The van der Waals surface area contributed by atoms with Crippen LogP contribution in [0.4, 0.5) is 0 Å². The molecule has 2 aromatic rings. The summed E-state index contributed by atoms with van der Waals surface area (Å²) < 4.78 is 2.33. The molecule has 2 aromatic carbocycles. The van der Waals surface area contributed by atoms with Crippen LogP contribution in [0.5, 0.6) is 0 Å². The third-order valence-electron chi connectivity index (χ3n) is 5.84. The molecule has 0 aliphatic heterocycles. The minimum atomic E-state index is -0.650. The first-order chi connectivity index (χ1) is 12.8. The molecule has 0 radical (unpaired) electrons. The van der Waals surface area contributed by atoms with E-state index in [1.165, 1.54) is 22.3 Å². The molecule has 0 spiro atoms. The maximum atomic E-state index is 2.53. The molecule has 4 rings (SSSR count). The van der Waals surface area contributed by atoms with Crippen LogP contribution in [0.3, 0.4) is 0 Å². The van der Waals surface area contributed by atoms with Crippen LogP contribution < -0.4 is 24.8 Å². The summed E-state index contributed by atoms with van der Waals surface area (Å²) in [7, 11) is 0. The monoisotopic (exact) mass is 501 g/mol. The summed E-state index contributed by atoms with van der Waals surface area (Å²) in [5, 5.41) is 0. The van der Waals surface area contributed by atoms with E-state index in [1.54, 1.807) is 19.9 Å². The first-order valence-electron chi connectivity index (χ1n) is 9.96. The summed E-state index contributed by atoms with van der Waals surface area (Å²) in [4.78, 5) is 0. The van der Waals surface area contributed by atoms with Crippen molar-refractivity contribution >= 4 is 3.21 Å². The number of hydrogen-bond donors (Lipinski definition) is 0. The van der Waals surface area contributed by atoms with Crippen LogP contribution >= 0.6 is 0 Å². The molecule has 2 aliphatic carbocycles. The van der Waals surface area contributed by atoms with Crippen LogP contribution in [0, 0.1) is 5.41 Å². The number of rotatable bonds is 2. The fourth-order valence-corrected chi connectivity index (χ4v) is 8.06. The molecule has 0 N–H and O–H groups in total. The van der Waals surface area contributed by atoms with Gasteiger partial charge in [0, 0.05) is 0 Å². The van der Waals surface area contributed by atoms with Crippen molar-refractivity contribution in [1.82, 2.24) is 0 Å². The van der Waals surface area contributed by atoms with Gasteiger partial charge in [-0.3, -0.25) is 0 Å². The Bertz CT molecular complexity index is 1000. The van der Waals surface area contributed by atoms with Gasteiger partial charge in [0.15, 0.2) is 0 Å². The SMILES string of the molecule is CC1=CC(C(C)(C)C)=CC1c1cccc2c1[CH]([Zr+2]=[C](C)C)c1ccccc1-2.[Cl-].[Cl-]. The van der Waals surface area contributed by atoms with Gasteiger partial charge < -0.3 is 24.8 Å². The van der Waals surface area contributed by atoms with Crippen LogP contribution in [-0.2, 0) is 22.8 Å². The van der Waals surface area contributed by atoms with Crippen LogP contribution in [0.1, 0.15) is 67.8 Å². The largest absolute Gasteiger partial charge is 1.00 e. The van der Waals surface area contributed by atoms with Crippen molar-refractivity contribution in [2.75, 3.05) is 0 Å². The number of hydrogen-bond acceptors (Lipinski definition) is 0. The second-order valence-electron chi connectivity index (χ2n) is 9.21. The van der Waals surface area contributed by atoms with E-state index in [4.69, 9.17) is 0 Å². The predicted molar refractivity (Wildman–Crippen MR) is 114 cm³/mol. The van der Waals surface area contributed by atoms with Crippen LogP contribution in [0.15, 0.2) is 65.8 Å². The van der Waals surface area contributed by atoms with Gasteiger partial charge in [-0.1, -0.05) is 0 Å². The summed E-state index contributed by atoms with van der Waals surface area (Å²) in [5.74, 6) is 0.433. The average Bonchev–Trinajstić information content (AvgIpc) is 3.14. The van der Waals surface area contributed by atoms with Gasteiger partial charge in [0.2, 0.25) is 0 Å². The fourth-order valence-electron chi connectivity index (χ4n) is 4.50. The summed E-state index contributed by atoms with van der Waals surface area (Å²) in [6.07, 6.45) is 4.96. The van der Waals surface area contributed by atoms with Crippen LogP contribution in [0.25, 0.3) is 11.1 Å². The molecule has 2 atom stereocenters. The zero-order valence-corrected chi connectivity index (χ0v) is 22.1. The second-order valence-corrected chi connectivity index (χ2v) is 13.8. The smallest absolute Gasteiger partial charge is 1.00 e. The van der Waals surface area contributed by atoms with E-state index in [-0.39, 0.29) is 30.2 Å². The summed E-state index contributed by atoms with van der Waals surface area (Å²) in [5.41, 5.74) is 10.9. The van der Waals surface area contributed by atoms with Gasteiger partial charge in [-0.2, -0.15) is 0 Å². The third kappa shape index (κ3) is 4.48. The minimum Gasteiger partial charge on any atom is -1.00 e. The van der Waals surface area contributed by atoms with Crippen molar-refractivity contribution in [3.63, 3.8) is 0 Å². The van der Waals surface area contributed by atoms with E-state index in [2.05, 4.69) is 96.2 Å². The Hall–Kier alpha value is -0.747. The summed E-state index contributed by atoms with van der Waals surface area (Å²) in [6.45, 7) is 14.0. The minimum absolute atomic E-state index is 0. The Morgan fingerprint density at radius 3 is 2.10 bits per heavy atom. The third-order valence-corrected chi connectivity index (χ3v) is 9.45. The van der Waals surface area contributed by atoms with Crippen LogP contribution in [0.2, 0.25) is 0 Å². The van der Waals surface area contributed by atoms with E-state index >= 15 is 0 Å². The van der Waals surface area contributed by atoms with Crippen molar-refractivity contribution in [3.05, 3.63) is 82.5 Å². The molecule has 3 heteroatoms. The Balaban J connectivity index is 0.00000150. The summed E-state index contributed by atoms with van der Waals surface area (Å²) in [6, 6.07) is 16.1. The number of benzene rings is 2. The molecular formula is C26H29Cl2Zr. The quantitative estimate of drug-likeness (QED) is 0.576. The van der Waals surface area contributed by atoms with E-state index < -0.39 is 22.8 Å².